The van der Waals surface area contributed by atoms with Gasteiger partial charge in [0.15, 0.2) is 19.7 Å². The lowest BCUT2D eigenvalue weighted by Gasteiger charge is -2.34. The van der Waals surface area contributed by atoms with Crippen LogP contribution in [0.15, 0.2) is 63.3 Å². The zero-order valence-electron chi connectivity index (χ0n) is 18.9. The molecular weight excluding hydrogens is 478 g/mol. The first-order valence-corrected chi connectivity index (χ1v) is 15.3. The van der Waals surface area contributed by atoms with Crippen molar-refractivity contribution in [2.45, 2.75) is 47.4 Å². The van der Waals surface area contributed by atoms with Crippen LogP contribution in [0.2, 0.25) is 0 Å². The monoisotopic (exact) mass is 505 g/mol. The molecule has 1 aliphatic carbocycles. The highest BCUT2D eigenvalue weighted by Gasteiger charge is 2.34. The first-order chi connectivity index (χ1) is 15.5. The molecule has 0 N–H and O–H groups in total. The molecule has 0 bridgehead atoms. The molecule has 1 aromatic heterocycles. The molecule has 1 heterocycles. The van der Waals surface area contributed by atoms with Crippen LogP contribution in [0.3, 0.4) is 0 Å². The smallest absolute Gasteiger partial charge is 0.204 e. The molecule has 10 heteroatoms. The normalized spacial score (nSPS) is 17.2. The third kappa shape index (κ3) is 5.12. The molecule has 0 radical (unpaired) electrons. The highest BCUT2D eigenvalue weighted by Crippen LogP contribution is 2.41. The van der Waals surface area contributed by atoms with E-state index in [9.17, 15) is 16.8 Å². The minimum atomic E-state index is -3.26. The minimum absolute atomic E-state index is 0.274. The van der Waals surface area contributed by atoms with Crippen LogP contribution < -0.4 is 4.80 Å². The Hall–Kier alpha value is -2.30. The van der Waals surface area contributed by atoms with Gasteiger partial charge in [0, 0.05) is 25.1 Å². The molecule has 0 unspecified atom stereocenters. The van der Waals surface area contributed by atoms with Gasteiger partial charge in [-0.15, -0.1) is 0 Å². The molecule has 1 fully saturated rings. The van der Waals surface area contributed by atoms with Crippen LogP contribution in [-0.2, 0) is 32.3 Å². The number of sulfone groups is 2. The molecule has 176 valence electrons. The highest BCUT2D eigenvalue weighted by molar-refractivity contribution is 7.91. The molecule has 4 rings (SSSR count). The summed E-state index contributed by atoms with van der Waals surface area (Å²) in [6.45, 7) is 0. The minimum Gasteiger partial charge on any atom is -0.246 e. The summed E-state index contributed by atoms with van der Waals surface area (Å²) < 4.78 is 49.0. The largest absolute Gasteiger partial charge is 0.246 e. The molecule has 1 aliphatic rings. The predicted molar refractivity (Wildman–Crippen MR) is 130 cm³/mol. The number of nitrogens with zero attached hydrogens (tertiary/aromatic N) is 3. The zero-order chi connectivity index (χ0) is 23.9. The fraction of sp³-hybridized carbons (Fsp3) is 0.391. The Morgan fingerprint density at radius 1 is 0.848 bits per heavy atom. The fourth-order valence-electron chi connectivity index (χ4n) is 4.21. The van der Waals surface area contributed by atoms with Crippen molar-refractivity contribution in [1.29, 1.82) is 0 Å². The van der Waals surface area contributed by atoms with E-state index in [2.05, 4.69) is 5.10 Å². The standard InChI is InChI=1S/C23H27N3O4S3/c1-26-22(31-21(25-26)17-7-11-19(12-8-17)32(2,27)28)24-23(15-5-4-6-16-23)18-9-13-20(14-10-18)33(3,29)30/h7-14H,4-6,15-16H2,1-3H3/b24-22-. The van der Waals surface area contributed by atoms with E-state index in [1.54, 1.807) is 41.1 Å². The second-order valence-corrected chi connectivity index (χ2v) is 13.6. The van der Waals surface area contributed by atoms with Crippen molar-refractivity contribution in [2.75, 3.05) is 12.5 Å². The van der Waals surface area contributed by atoms with Gasteiger partial charge in [-0.2, -0.15) is 5.10 Å². The van der Waals surface area contributed by atoms with Crippen LogP contribution in [0, 0.1) is 0 Å². The molecule has 33 heavy (non-hydrogen) atoms. The topological polar surface area (TPSA) is 98.5 Å². The van der Waals surface area contributed by atoms with E-state index in [0.29, 0.717) is 4.90 Å². The number of aryl methyl sites for hydroxylation is 1. The summed E-state index contributed by atoms with van der Waals surface area (Å²) in [5.41, 5.74) is 1.43. The van der Waals surface area contributed by atoms with Crippen LogP contribution in [0.1, 0.15) is 37.7 Å². The average Bonchev–Trinajstić information content (AvgIpc) is 3.13. The van der Waals surface area contributed by atoms with Gasteiger partial charge in [-0.3, -0.25) is 0 Å². The summed E-state index contributed by atoms with van der Waals surface area (Å²) in [7, 11) is -4.66. The van der Waals surface area contributed by atoms with Crippen LogP contribution >= 0.6 is 11.3 Å². The molecule has 0 amide bonds. The molecule has 0 atom stereocenters. The van der Waals surface area contributed by atoms with Crippen LogP contribution in [0.5, 0.6) is 0 Å². The van der Waals surface area contributed by atoms with E-state index in [1.807, 2.05) is 19.2 Å². The Morgan fingerprint density at radius 2 is 1.36 bits per heavy atom. The van der Waals surface area contributed by atoms with Crippen LogP contribution in [0.25, 0.3) is 10.6 Å². The van der Waals surface area contributed by atoms with Crippen molar-refractivity contribution in [3.63, 3.8) is 0 Å². The second-order valence-electron chi connectivity index (χ2n) is 8.61. The SMILES string of the molecule is Cn1nc(-c2ccc(S(C)(=O)=O)cc2)s/c1=N\C1(c2ccc(S(C)(=O)=O)cc2)CCCCC1. The predicted octanol–water partition coefficient (Wildman–Crippen LogP) is 3.72. The molecule has 3 aromatic rings. The Bertz CT molecular complexity index is 1430. The van der Waals surface area contributed by atoms with E-state index in [0.717, 1.165) is 53.0 Å². The molecular formula is C23H27N3O4S3. The van der Waals surface area contributed by atoms with Gasteiger partial charge in [0.25, 0.3) is 0 Å². The van der Waals surface area contributed by atoms with E-state index in [4.69, 9.17) is 4.99 Å². The van der Waals surface area contributed by atoms with Gasteiger partial charge < -0.3 is 0 Å². The molecule has 0 saturated heterocycles. The number of rotatable bonds is 5. The molecule has 2 aromatic carbocycles. The Labute approximate surface area is 198 Å². The number of aromatic nitrogens is 2. The zero-order valence-corrected chi connectivity index (χ0v) is 21.3. The summed E-state index contributed by atoms with van der Waals surface area (Å²) in [6.07, 6.45) is 7.45. The van der Waals surface area contributed by atoms with Crippen molar-refractivity contribution in [1.82, 2.24) is 9.78 Å². The Morgan fingerprint density at radius 3 is 1.88 bits per heavy atom. The summed E-state index contributed by atoms with van der Waals surface area (Å²) in [4.78, 5) is 6.54. The van der Waals surface area contributed by atoms with Crippen LogP contribution in [0.4, 0.5) is 0 Å². The number of hydrogen-bond acceptors (Lipinski definition) is 7. The maximum Gasteiger partial charge on any atom is 0.204 e. The van der Waals surface area contributed by atoms with Crippen molar-refractivity contribution in [3.8, 4) is 10.6 Å². The second kappa shape index (κ2) is 8.81. The van der Waals surface area contributed by atoms with Gasteiger partial charge in [-0.1, -0.05) is 54.9 Å². The van der Waals surface area contributed by atoms with Gasteiger partial charge in [0.1, 0.15) is 5.01 Å². The van der Waals surface area contributed by atoms with Gasteiger partial charge in [0.05, 0.1) is 15.3 Å². The fourth-order valence-corrected chi connectivity index (χ4v) is 6.45. The molecule has 0 aliphatic heterocycles. The average molecular weight is 506 g/mol. The van der Waals surface area contributed by atoms with Crippen molar-refractivity contribution < 1.29 is 16.8 Å². The Kier molecular flexibility index (Phi) is 6.36. The summed E-state index contributed by atoms with van der Waals surface area (Å²) in [5.74, 6) is 0. The summed E-state index contributed by atoms with van der Waals surface area (Å²) in [5, 5.41) is 5.38. The summed E-state index contributed by atoms with van der Waals surface area (Å²) in [6, 6.07) is 13.8. The number of hydrogen-bond donors (Lipinski definition) is 0. The first kappa shape index (κ1) is 23.8. The van der Waals surface area contributed by atoms with E-state index >= 15 is 0 Å². The van der Waals surface area contributed by atoms with Gasteiger partial charge in [-0.25, -0.2) is 26.5 Å². The molecule has 0 spiro atoms. The Balaban J connectivity index is 1.76. The lowest BCUT2D eigenvalue weighted by molar-refractivity contribution is 0.296. The maximum absolute atomic E-state index is 11.9. The van der Waals surface area contributed by atoms with Crippen molar-refractivity contribution >= 4 is 31.0 Å². The quantitative estimate of drug-likeness (QED) is 0.526. The maximum atomic E-state index is 11.9. The van der Waals surface area contributed by atoms with Gasteiger partial charge in [-0.05, 0) is 42.7 Å². The molecule has 7 nitrogen and oxygen atoms in total. The summed E-state index contributed by atoms with van der Waals surface area (Å²) >= 11 is 1.46. The van der Waals surface area contributed by atoms with E-state index in [1.165, 1.54) is 23.8 Å². The third-order valence-corrected chi connectivity index (χ3v) is 9.35. The highest BCUT2D eigenvalue weighted by atomic mass is 32.2. The van der Waals surface area contributed by atoms with E-state index < -0.39 is 25.2 Å². The lowest BCUT2D eigenvalue weighted by Crippen LogP contribution is -2.30. The van der Waals surface area contributed by atoms with Crippen molar-refractivity contribution in [2.24, 2.45) is 12.0 Å². The van der Waals surface area contributed by atoms with Gasteiger partial charge in [0.2, 0.25) is 4.80 Å². The first-order valence-electron chi connectivity index (χ1n) is 10.7. The third-order valence-electron chi connectivity index (χ3n) is 6.05. The number of benzene rings is 2. The van der Waals surface area contributed by atoms with Gasteiger partial charge >= 0.3 is 0 Å². The van der Waals surface area contributed by atoms with Crippen LogP contribution in [-0.4, -0.2) is 39.1 Å². The molecule has 1 saturated carbocycles. The van der Waals surface area contributed by atoms with Crippen molar-refractivity contribution in [3.05, 3.63) is 58.9 Å². The van der Waals surface area contributed by atoms with E-state index in [-0.39, 0.29) is 4.90 Å². The lowest BCUT2D eigenvalue weighted by atomic mass is 9.77.